The number of carbonyl (C=O) groups excluding carboxylic acids is 1. The van der Waals surface area contributed by atoms with Gasteiger partial charge in [-0.1, -0.05) is 13.8 Å². The van der Waals surface area contributed by atoms with Crippen LogP contribution in [-0.2, 0) is 9.53 Å². The Morgan fingerprint density at radius 3 is 2.68 bits per heavy atom. The summed E-state index contributed by atoms with van der Waals surface area (Å²) in [6, 6.07) is 5.01. The van der Waals surface area contributed by atoms with Gasteiger partial charge in [-0.3, -0.25) is 4.79 Å². The molecule has 0 radical (unpaired) electrons. The third kappa shape index (κ3) is 4.85. The van der Waals surface area contributed by atoms with Gasteiger partial charge in [0.2, 0.25) is 0 Å². The highest BCUT2D eigenvalue weighted by Crippen LogP contribution is 2.27. The number of aliphatic carboxylic acids is 1. The Morgan fingerprint density at radius 2 is 2.08 bits per heavy atom. The molecule has 1 aliphatic rings. The van der Waals surface area contributed by atoms with Gasteiger partial charge in [0, 0.05) is 12.6 Å². The number of hydrogen-bond donors (Lipinski definition) is 1. The molecular formula is C18H25NO6. The lowest BCUT2D eigenvalue weighted by Crippen LogP contribution is -2.51. The number of nitrogens with zero attached hydrogens (tertiary/aromatic N) is 1. The summed E-state index contributed by atoms with van der Waals surface area (Å²) in [7, 11) is 1.55. The zero-order chi connectivity index (χ0) is 18.6. The van der Waals surface area contributed by atoms with Gasteiger partial charge in [0.05, 0.1) is 31.9 Å². The lowest BCUT2D eigenvalue weighted by molar-refractivity contribution is -0.160. The van der Waals surface area contributed by atoms with E-state index in [2.05, 4.69) is 0 Å². The molecule has 1 aromatic rings. The van der Waals surface area contributed by atoms with E-state index in [1.54, 1.807) is 32.2 Å². The van der Waals surface area contributed by atoms with E-state index < -0.39 is 12.1 Å². The average Bonchev–Trinajstić information content (AvgIpc) is 2.58. The molecule has 2 rings (SSSR count). The first-order valence-electron chi connectivity index (χ1n) is 8.30. The number of carboxylic acids is 1. The lowest BCUT2D eigenvalue weighted by Gasteiger charge is -2.35. The van der Waals surface area contributed by atoms with Gasteiger partial charge in [0.25, 0.3) is 5.91 Å². The Morgan fingerprint density at radius 1 is 1.36 bits per heavy atom. The van der Waals surface area contributed by atoms with Gasteiger partial charge >= 0.3 is 5.97 Å². The number of amides is 1. The summed E-state index contributed by atoms with van der Waals surface area (Å²) < 4.78 is 16.3. The van der Waals surface area contributed by atoms with Crippen molar-refractivity contribution in [3.8, 4) is 11.5 Å². The van der Waals surface area contributed by atoms with Gasteiger partial charge in [0.1, 0.15) is 11.5 Å². The van der Waals surface area contributed by atoms with Crippen molar-refractivity contribution in [3.05, 3.63) is 23.8 Å². The molecule has 1 unspecified atom stereocenters. The molecule has 1 saturated heterocycles. The molecule has 0 aromatic heterocycles. The summed E-state index contributed by atoms with van der Waals surface area (Å²) in [5, 5.41) is 9.19. The van der Waals surface area contributed by atoms with Crippen molar-refractivity contribution in [1.29, 1.82) is 0 Å². The van der Waals surface area contributed by atoms with Crippen molar-refractivity contribution in [2.24, 2.45) is 5.92 Å². The minimum Gasteiger partial charge on any atom is -0.497 e. The van der Waals surface area contributed by atoms with Crippen LogP contribution in [0.4, 0.5) is 0 Å². The normalized spacial score (nSPS) is 20.4. The Balaban J connectivity index is 2.26. The van der Waals surface area contributed by atoms with E-state index in [4.69, 9.17) is 14.2 Å². The molecule has 138 valence electrons. The second kappa shape index (κ2) is 8.20. The van der Waals surface area contributed by atoms with Crippen molar-refractivity contribution in [1.82, 2.24) is 4.90 Å². The Hall–Kier alpha value is -2.28. The predicted octanol–water partition coefficient (Wildman–Crippen LogP) is 2.04. The fourth-order valence-corrected chi connectivity index (χ4v) is 2.61. The summed E-state index contributed by atoms with van der Waals surface area (Å²) in [5.74, 6) is -0.0229. The van der Waals surface area contributed by atoms with Crippen molar-refractivity contribution < 1.29 is 28.9 Å². The van der Waals surface area contributed by atoms with Crippen LogP contribution in [-0.4, -0.2) is 60.9 Å². The Kier molecular flexibility index (Phi) is 6.25. The van der Waals surface area contributed by atoms with Gasteiger partial charge in [-0.05, 0) is 25.0 Å². The van der Waals surface area contributed by atoms with E-state index in [1.807, 2.05) is 13.8 Å². The minimum absolute atomic E-state index is 0.00809. The van der Waals surface area contributed by atoms with Crippen LogP contribution in [0.2, 0.25) is 0 Å². The minimum atomic E-state index is -1.07. The summed E-state index contributed by atoms with van der Waals surface area (Å²) in [6.45, 7) is 6.59. The molecule has 0 saturated carbocycles. The number of methoxy groups -OCH3 is 1. The average molecular weight is 351 g/mol. The van der Waals surface area contributed by atoms with E-state index in [-0.39, 0.29) is 18.6 Å². The molecule has 7 heteroatoms. The standard InChI is InChI=1S/C18H25NO6/c1-11(2)10-24-15-7-13(23-4)5-6-14(15)17(20)19-8-12(3)25-16(9-19)18(21)22/h5-7,11-12,16H,8-10H2,1-4H3,(H,21,22)/t12-,16?/m1/s1. The molecule has 7 nitrogen and oxygen atoms in total. The summed E-state index contributed by atoms with van der Waals surface area (Å²) in [5.41, 5.74) is 0.389. The van der Waals surface area contributed by atoms with Crippen LogP contribution < -0.4 is 9.47 Å². The van der Waals surface area contributed by atoms with Gasteiger partial charge in [-0.25, -0.2) is 4.79 Å². The maximum atomic E-state index is 12.9. The number of hydrogen-bond acceptors (Lipinski definition) is 5. The van der Waals surface area contributed by atoms with Gasteiger partial charge in [-0.15, -0.1) is 0 Å². The quantitative estimate of drug-likeness (QED) is 0.844. The maximum Gasteiger partial charge on any atom is 0.334 e. The van der Waals surface area contributed by atoms with E-state index in [9.17, 15) is 14.7 Å². The fourth-order valence-electron chi connectivity index (χ4n) is 2.61. The van der Waals surface area contributed by atoms with E-state index in [0.717, 1.165) is 0 Å². The molecule has 1 aliphatic heterocycles. The van der Waals surface area contributed by atoms with Crippen LogP contribution in [0.5, 0.6) is 11.5 Å². The number of carbonyl (C=O) groups is 2. The van der Waals surface area contributed by atoms with Crippen molar-refractivity contribution >= 4 is 11.9 Å². The molecule has 0 aliphatic carbocycles. The van der Waals surface area contributed by atoms with Gasteiger partial charge < -0.3 is 24.2 Å². The molecule has 1 N–H and O–H groups in total. The van der Waals surface area contributed by atoms with E-state index in [0.29, 0.717) is 36.1 Å². The molecular weight excluding hydrogens is 326 g/mol. The highest BCUT2D eigenvalue weighted by Gasteiger charge is 2.34. The zero-order valence-corrected chi connectivity index (χ0v) is 15.0. The molecule has 0 spiro atoms. The fraction of sp³-hybridized carbons (Fsp3) is 0.556. The largest absolute Gasteiger partial charge is 0.497 e. The Labute approximate surface area is 147 Å². The monoisotopic (exact) mass is 351 g/mol. The molecule has 25 heavy (non-hydrogen) atoms. The van der Waals surface area contributed by atoms with Crippen LogP contribution in [0.25, 0.3) is 0 Å². The highest BCUT2D eigenvalue weighted by molar-refractivity contribution is 5.97. The topological polar surface area (TPSA) is 85.3 Å². The van der Waals surface area contributed by atoms with Crippen molar-refractivity contribution in [2.45, 2.75) is 33.0 Å². The first-order valence-corrected chi connectivity index (χ1v) is 8.30. The maximum absolute atomic E-state index is 12.9. The molecule has 2 atom stereocenters. The molecule has 1 amide bonds. The lowest BCUT2D eigenvalue weighted by atomic mass is 10.1. The van der Waals surface area contributed by atoms with E-state index in [1.165, 1.54) is 4.90 Å². The number of morpholine rings is 1. The first kappa shape index (κ1) is 19.1. The zero-order valence-electron chi connectivity index (χ0n) is 15.0. The number of benzene rings is 1. The first-order chi connectivity index (χ1) is 11.8. The van der Waals surface area contributed by atoms with Gasteiger partial charge in [0.15, 0.2) is 6.10 Å². The van der Waals surface area contributed by atoms with Crippen molar-refractivity contribution in [2.75, 3.05) is 26.8 Å². The van der Waals surface area contributed by atoms with Crippen LogP contribution >= 0.6 is 0 Å². The molecule has 1 fully saturated rings. The predicted molar refractivity (Wildman–Crippen MR) is 91.2 cm³/mol. The van der Waals surface area contributed by atoms with Crippen LogP contribution in [0.3, 0.4) is 0 Å². The third-order valence-corrected chi connectivity index (χ3v) is 3.81. The van der Waals surface area contributed by atoms with E-state index >= 15 is 0 Å². The number of rotatable bonds is 6. The summed E-state index contributed by atoms with van der Waals surface area (Å²) in [4.78, 5) is 25.7. The van der Waals surface area contributed by atoms with Crippen molar-refractivity contribution in [3.63, 3.8) is 0 Å². The van der Waals surface area contributed by atoms with Gasteiger partial charge in [-0.2, -0.15) is 0 Å². The molecule has 1 heterocycles. The third-order valence-electron chi connectivity index (χ3n) is 3.81. The summed E-state index contributed by atoms with van der Waals surface area (Å²) in [6.07, 6.45) is -1.37. The smallest absolute Gasteiger partial charge is 0.334 e. The highest BCUT2D eigenvalue weighted by atomic mass is 16.5. The van der Waals surface area contributed by atoms with Crippen LogP contribution in [0.15, 0.2) is 18.2 Å². The molecule has 1 aromatic carbocycles. The second-order valence-electron chi connectivity index (χ2n) is 6.55. The van der Waals surface area contributed by atoms with Crippen LogP contribution in [0, 0.1) is 5.92 Å². The number of carboxylic acid groups (broad SMARTS) is 1. The van der Waals surface area contributed by atoms with Crippen LogP contribution in [0.1, 0.15) is 31.1 Å². The SMILES string of the molecule is COc1ccc(C(=O)N2CC(C(=O)O)O[C@H](C)C2)c(OCC(C)C)c1. The second-order valence-corrected chi connectivity index (χ2v) is 6.55. The molecule has 0 bridgehead atoms. The number of ether oxygens (including phenoxy) is 3. The summed E-state index contributed by atoms with van der Waals surface area (Å²) >= 11 is 0. The Bertz CT molecular complexity index is 630.